The minimum atomic E-state index is -3.66. The predicted molar refractivity (Wildman–Crippen MR) is 99.3 cm³/mol. The molecule has 128 valence electrons. The molecular formula is C20H25O3P. The Labute approximate surface area is 144 Å². The van der Waals surface area contributed by atoms with Crippen LogP contribution in [-0.2, 0) is 15.5 Å². The van der Waals surface area contributed by atoms with E-state index in [0.717, 1.165) is 24.8 Å². The van der Waals surface area contributed by atoms with Gasteiger partial charge in [0, 0.05) is 10.9 Å². The highest BCUT2D eigenvalue weighted by Gasteiger charge is 2.38. The van der Waals surface area contributed by atoms with E-state index in [-0.39, 0.29) is 6.10 Å². The summed E-state index contributed by atoms with van der Waals surface area (Å²) in [4.78, 5) is 13.0. The van der Waals surface area contributed by atoms with Gasteiger partial charge in [-0.1, -0.05) is 61.9 Å². The van der Waals surface area contributed by atoms with Crippen LogP contribution in [0.3, 0.4) is 0 Å². The Morgan fingerprint density at radius 2 is 1.67 bits per heavy atom. The first-order valence-corrected chi connectivity index (χ1v) is 10.1. The lowest BCUT2D eigenvalue weighted by Gasteiger charge is -2.22. The molecule has 0 saturated heterocycles. The van der Waals surface area contributed by atoms with Crippen molar-refractivity contribution in [2.45, 2.75) is 46.1 Å². The van der Waals surface area contributed by atoms with Gasteiger partial charge >= 0.3 is 7.37 Å². The molecule has 1 atom stereocenters. The highest BCUT2D eigenvalue weighted by Crippen LogP contribution is 2.51. The van der Waals surface area contributed by atoms with Crippen molar-refractivity contribution in [1.29, 1.82) is 0 Å². The number of carbonyl (C=O) groups excluding carboxylic acids is 1. The summed E-state index contributed by atoms with van der Waals surface area (Å²) in [5.74, 6) is 0. The van der Waals surface area contributed by atoms with Crippen LogP contribution >= 0.6 is 7.37 Å². The van der Waals surface area contributed by atoms with Crippen LogP contribution in [0, 0.1) is 0 Å². The normalized spacial score (nSPS) is 13.7. The molecule has 0 heterocycles. The van der Waals surface area contributed by atoms with Gasteiger partial charge in [-0.15, -0.1) is 0 Å². The van der Waals surface area contributed by atoms with Gasteiger partial charge in [-0.25, -0.2) is 0 Å². The maximum atomic E-state index is 13.7. The van der Waals surface area contributed by atoms with E-state index in [4.69, 9.17) is 4.52 Å². The van der Waals surface area contributed by atoms with Gasteiger partial charge in [0.25, 0.3) is 5.52 Å². The summed E-state index contributed by atoms with van der Waals surface area (Å²) in [6.07, 6.45) is 2.51. The summed E-state index contributed by atoms with van der Waals surface area (Å²) in [5, 5.41) is 0.543. The molecule has 24 heavy (non-hydrogen) atoms. The summed E-state index contributed by atoms with van der Waals surface area (Å²) in [6, 6.07) is 16.2. The molecule has 0 spiro atoms. The number of unbranched alkanes of at least 4 members (excludes halogenated alkanes) is 1. The van der Waals surface area contributed by atoms with Crippen molar-refractivity contribution in [3.05, 3.63) is 65.7 Å². The lowest BCUT2D eigenvalue weighted by atomic mass is 10.1. The predicted octanol–water partition coefficient (Wildman–Crippen LogP) is 5.20. The van der Waals surface area contributed by atoms with E-state index in [9.17, 15) is 9.36 Å². The molecule has 0 aliphatic rings. The van der Waals surface area contributed by atoms with Crippen molar-refractivity contribution in [3.8, 4) is 0 Å². The topological polar surface area (TPSA) is 43.4 Å². The van der Waals surface area contributed by atoms with E-state index < -0.39 is 12.9 Å². The Bertz CT molecular complexity index is 723. The van der Waals surface area contributed by atoms with Crippen LogP contribution in [0.2, 0.25) is 0 Å². The average Bonchev–Trinajstić information content (AvgIpc) is 2.59. The summed E-state index contributed by atoms with van der Waals surface area (Å²) in [6.45, 7) is 5.72. The van der Waals surface area contributed by atoms with E-state index in [1.807, 2.05) is 24.3 Å². The molecule has 0 radical (unpaired) electrons. The van der Waals surface area contributed by atoms with E-state index in [0.29, 0.717) is 10.9 Å². The van der Waals surface area contributed by atoms with Crippen LogP contribution < -0.4 is 5.30 Å². The first-order valence-electron chi connectivity index (χ1n) is 8.46. The summed E-state index contributed by atoms with van der Waals surface area (Å²) < 4.78 is 19.5. The zero-order valence-electron chi connectivity index (χ0n) is 14.6. The molecule has 2 aromatic rings. The Hall–Kier alpha value is -1.70. The first-order chi connectivity index (χ1) is 11.5. The van der Waals surface area contributed by atoms with Crippen LogP contribution in [-0.4, -0.2) is 11.6 Å². The van der Waals surface area contributed by atoms with Gasteiger partial charge in [0.15, 0.2) is 0 Å². The van der Waals surface area contributed by atoms with Gasteiger partial charge in [0.05, 0.1) is 6.10 Å². The fraction of sp³-hybridized carbons (Fsp3) is 0.350. The molecule has 1 unspecified atom stereocenters. The van der Waals surface area contributed by atoms with Gasteiger partial charge in [0.1, 0.15) is 0 Å². The molecule has 2 aromatic carbocycles. The number of hydrogen-bond acceptors (Lipinski definition) is 3. The fourth-order valence-corrected chi connectivity index (χ4v) is 5.00. The molecule has 0 amide bonds. The summed E-state index contributed by atoms with van der Waals surface area (Å²) in [7, 11) is -3.66. The zero-order chi connectivity index (χ0) is 17.6. The number of hydrogen-bond donors (Lipinski definition) is 0. The van der Waals surface area contributed by atoms with E-state index in [1.54, 1.807) is 44.2 Å². The molecule has 0 fully saturated rings. The lowest BCUT2D eigenvalue weighted by molar-refractivity contribution is 0.104. The Morgan fingerprint density at radius 1 is 1.04 bits per heavy atom. The Balaban J connectivity index is 2.53. The molecule has 4 heteroatoms. The standard InChI is InChI=1S/C20H25O3P/c1-4-5-11-17-12-9-10-15-19(17)24(22,23-16(2)3)20(21)18-13-7-6-8-14-18/h6-10,12-16H,4-5,11H2,1-3H3. The van der Waals surface area contributed by atoms with Gasteiger partial charge in [-0.2, -0.15) is 0 Å². The van der Waals surface area contributed by atoms with Crippen molar-refractivity contribution in [2.75, 3.05) is 0 Å². The van der Waals surface area contributed by atoms with Gasteiger partial charge in [0.2, 0.25) is 0 Å². The van der Waals surface area contributed by atoms with Crippen molar-refractivity contribution in [2.24, 2.45) is 0 Å². The molecule has 3 nitrogen and oxygen atoms in total. The molecule has 0 saturated carbocycles. The van der Waals surface area contributed by atoms with Gasteiger partial charge in [-0.05, 0) is 38.3 Å². The molecule has 0 aromatic heterocycles. The molecule has 0 N–H and O–H groups in total. The quantitative estimate of drug-likeness (QED) is 0.618. The number of benzene rings is 2. The second-order valence-corrected chi connectivity index (χ2v) is 8.31. The highest BCUT2D eigenvalue weighted by atomic mass is 31.2. The van der Waals surface area contributed by atoms with E-state index in [1.165, 1.54) is 0 Å². The summed E-state index contributed by atoms with van der Waals surface area (Å²) >= 11 is 0. The van der Waals surface area contributed by atoms with Crippen LogP contribution in [0.5, 0.6) is 0 Å². The maximum Gasteiger partial charge on any atom is 0.301 e. The smallest absolute Gasteiger partial charge is 0.301 e. The molecular weight excluding hydrogens is 319 g/mol. The third kappa shape index (κ3) is 4.23. The third-order valence-electron chi connectivity index (χ3n) is 3.76. The van der Waals surface area contributed by atoms with E-state index >= 15 is 0 Å². The molecule has 0 aliphatic heterocycles. The fourth-order valence-electron chi connectivity index (χ4n) is 2.64. The minimum Gasteiger partial charge on any atom is -0.317 e. The van der Waals surface area contributed by atoms with Crippen molar-refractivity contribution in [3.63, 3.8) is 0 Å². The van der Waals surface area contributed by atoms with Crippen molar-refractivity contribution >= 4 is 18.2 Å². The third-order valence-corrected chi connectivity index (χ3v) is 6.34. The lowest BCUT2D eigenvalue weighted by Crippen LogP contribution is -2.21. The van der Waals surface area contributed by atoms with Gasteiger partial charge in [-0.3, -0.25) is 9.36 Å². The van der Waals surface area contributed by atoms with Crippen LogP contribution in [0.15, 0.2) is 54.6 Å². The number of carbonyl (C=O) groups is 1. The minimum absolute atomic E-state index is 0.303. The summed E-state index contributed by atoms with van der Waals surface area (Å²) in [5.41, 5.74) is 0.931. The zero-order valence-corrected chi connectivity index (χ0v) is 15.5. The van der Waals surface area contributed by atoms with Crippen molar-refractivity contribution < 1.29 is 13.9 Å². The average molecular weight is 344 g/mol. The number of rotatable bonds is 8. The first kappa shape index (κ1) is 18.6. The molecule has 0 aliphatic carbocycles. The Kier molecular flexibility index (Phi) is 6.53. The van der Waals surface area contributed by atoms with E-state index in [2.05, 4.69) is 6.92 Å². The maximum absolute atomic E-state index is 13.7. The van der Waals surface area contributed by atoms with Crippen molar-refractivity contribution in [1.82, 2.24) is 0 Å². The number of aryl methyl sites for hydroxylation is 1. The monoisotopic (exact) mass is 344 g/mol. The highest BCUT2D eigenvalue weighted by molar-refractivity contribution is 7.83. The second kappa shape index (κ2) is 8.41. The van der Waals surface area contributed by atoms with Gasteiger partial charge < -0.3 is 4.52 Å². The Morgan fingerprint density at radius 3 is 2.29 bits per heavy atom. The van der Waals surface area contributed by atoms with Crippen LogP contribution in [0.1, 0.15) is 49.5 Å². The SMILES string of the molecule is CCCCc1ccccc1P(=O)(OC(C)C)C(=O)c1ccccc1. The molecule has 2 rings (SSSR count). The molecule has 0 bridgehead atoms. The van der Waals surface area contributed by atoms with Crippen LogP contribution in [0.25, 0.3) is 0 Å². The second-order valence-electron chi connectivity index (χ2n) is 6.11. The largest absolute Gasteiger partial charge is 0.317 e. The van der Waals surface area contributed by atoms with Crippen LogP contribution in [0.4, 0.5) is 0 Å².